The quantitative estimate of drug-likeness (QED) is 0.569. The summed E-state index contributed by atoms with van der Waals surface area (Å²) in [5, 5.41) is 0. The fourth-order valence-corrected chi connectivity index (χ4v) is 4.85. The van der Waals surface area contributed by atoms with Gasteiger partial charge < -0.3 is 4.90 Å². The number of para-hydroxylation sites is 1. The van der Waals surface area contributed by atoms with Crippen molar-refractivity contribution in [1.29, 1.82) is 0 Å². The molecule has 0 spiro atoms. The lowest BCUT2D eigenvalue weighted by Crippen LogP contribution is -2.58. The predicted octanol–water partition coefficient (Wildman–Crippen LogP) is 6.92. The molecule has 1 heteroatoms. The first-order valence-corrected chi connectivity index (χ1v) is 9.00. The molecule has 0 aliphatic rings. The van der Waals surface area contributed by atoms with E-state index in [1.165, 1.54) is 5.69 Å². The molecule has 1 aromatic rings. The van der Waals surface area contributed by atoms with E-state index >= 15 is 0 Å². The summed E-state index contributed by atoms with van der Waals surface area (Å²) in [6.07, 6.45) is 2.31. The van der Waals surface area contributed by atoms with Gasteiger partial charge in [0.2, 0.25) is 0 Å². The van der Waals surface area contributed by atoms with Crippen LogP contribution in [0.5, 0.6) is 0 Å². The SMILES string of the molecule is CC(C)(C)CC(C)(C)N(c1ccccc1)C(C)(C)CC(C)(C)C. The highest BCUT2D eigenvalue weighted by Gasteiger charge is 2.41. The molecule has 0 saturated carbocycles. The molecule has 1 nitrogen and oxygen atoms in total. The maximum Gasteiger partial charge on any atom is 0.0375 e. The second kappa shape index (κ2) is 6.49. The van der Waals surface area contributed by atoms with Gasteiger partial charge in [0, 0.05) is 16.8 Å². The van der Waals surface area contributed by atoms with Gasteiger partial charge in [-0.25, -0.2) is 0 Å². The molecular weight excluding hydrogens is 278 g/mol. The minimum absolute atomic E-state index is 0.0916. The third kappa shape index (κ3) is 6.20. The molecule has 0 saturated heterocycles. The van der Waals surface area contributed by atoms with Crippen molar-refractivity contribution >= 4 is 5.69 Å². The summed E-state index contributed by atoms with van der Waals surface area (Å²) in [6.45, 7) is 23.6. The first kappa shape index (κ1) is 20.1. The van der Waals surface area contributed by atoms with E-state index in [0.29, 0.717) is 10.8 Å². The lowest BCUT2D eigenvalue weighted by molar-refractivity contribution is 0.199. The maximum atomic E-state index is 2.66. The normalized spacial score (nSPS) is 14.0. The molecule has 0 aliphatic carbocycles. The maximum absolute atomic E-state index is 2.66. The standard InChI is InChI=1S/C22H39N/c1-19(2,3)16-21(7,8)23(18-14-12-11-13-15-18)22(9,10)17-20(4,5)6/h11-15H,16-17H2,1-10H3. The highest BCUT2D eigenvalue weighted by atomic mass is 15.3. The molecule has 0 fully saturated rings. The summed E-state index contributed by atoms with van der Waals surface area (Å²) < 4.78 is 0. The Balaban J connectivity index is 3.33. The van der Waals surface area contributed by atoms with E-state index in [0.717, 1.165) is 12.8 Å². The lowest BCUT2D eigenvalue weighted by Gasteiger charge is -2.54. The van der Waals surface area contributed by atoms with Crippen LogP contribution in [0.25, 0.3) is 0 Å². The fourth-order valence-electron chi connectivity index (χ4n) is 4.85. The summed E-state index contributed by atoms with van der Waals surface area (Å²) in [7, 11) is 0. The fraction of sp³-hybridized carbons (Fsp3) is 0.727. The summed E-state index contributed by atoms with van der Waals surface area (Å²) >= 11 is 0. The molecule has 0 unspecified atom stereocenters. The van der Waals surface area contributed by atoms with Crippen molar-refractivity contribution in [2.75, 3.05) is 4.90 Å². The van der Waals surface area contributed by atoms with Gasteiger partial charge in [0.05, 0.1) is 0 Å². The van der Waals surface area contributed by atoms with Gasteiger partial charge in [0.15, 0.2) is 0 Å². The minimum Gasteiger partial charge on any atom is -0.361 e. The Labute approximate surface area is 145 Å². The van der Waals surface area contributed by atoms with Crippen LogP contribution in [0.4, 0.5) is 5.69 Å². The van der Waals surface area contributed by atoms with Gasteiger partial charge in [-0.1, -0.05) is 59.7 Å². The topological polar surface area (TPSA) is 3.24 Å². The van der Waals surface area contributed by atoms with Crippen molar-refractivity contribution in [1.82, 2.24) is 0 Å². The monoisotopic (exact) mass is 317 g/mol. The molecule has 0 aliphatic heterocycles. The first-order chi connectivity index (χ1) is 10.1. The van der Waals surface area contributed by atoms with E-state index in [4.69, 9.17) is 0 Å². The van der Waals surface area contributed by atoms with E-state index in [2.05, 4.69) is 104 Å². The van der Waals surface area contributed by atoms with Gasteiger partial charge in [-0.15, -0.1) is 0 Å². The van der Waals surface area contributed by atoms with Crippen LogP contribution in [-0.2, 0) is 0 Å². The van der Waals surface area contributed by atoms with Crippen LogP contribution >= 0.6 is 0 Å². The van der Waals surface area contributed by atoms with Crippen molar-refractivity contribution < 1.29 is 0 Å². The van der Waals surface area contributed by atoms with Crippen LogP contribution in [0.3, 0.4) is 0 Å². The molecule has 0 bridgehead atoms. The Kier molecular flexibility index (Phi) is 5.66. The van der Waals surface area contributed by atoms with Crippen LogP contribution in [0, 0.1) is 10.8 Å². The molecular formula is C22H39N. The van der Waals surface area contributed by atoms with Crippen molar-refractivity contribution in [2.45, 2.75) is 93.2 Å². The second-order valence-electron chi connectivity index (χ2n) is 10.8. The summed E-state index contributed by atoms with van der Waals surface area (Å²) in [5.41, 5.74) is 2.11. The molecule has 0 atom stereocenters. The molecule has 0 heterocycles. The van der Waals surface area contributed by atoms with Crippen molar-refractivity contribution in [3.8, 4) is 0 Å². The number of nitrogens with zero attached hydrogens (tertiary/aromatic N) is 1. The molecule has 0 aromatic heterocycles. The van der Waals surface area contributed by atoms with Crippen molar-refractivity contribution in [3.63, 3.8) is 0 Å². The Hall–Kier alpha value is -0.980. The zero-order valence-corrected chi connectivity index (χ0v) is 17.2. The summed E-state index contributed by atoms with van der Waals surface area (Å²) in [5.74, 6) is 0. The van der Waals surface area contributed by atoms with Gasteiger partial charge in [0.25, 0.3) is 0 Å². The third-order valence-electron chi connectivity index (χ3n) is 4.15. The van der Waals surface area contributed by atoms with Crippen LogP contribution < -0.4 is 4.90 Å². The third-order valence-corrected chi connectivity index (χ3v) is 4.15. The van der Waals surface area contributed by atoms with E-state index in [-0.39, 0.29) is 11.1 Å². The Morgan fingerprint density at radius 2 is 0.957 bits per heavy atom. The van der Waals surface area contributed by atoms with E-state index in [1.54, 1.807) is 0 Å². The van der Waals surface area contributed by atoms with E-state index in [9.17, 15) is 0 Å². The average Bonchev–Trinajstić information content (AvgIpc) is 2.21. The predicted molar refractivity (Wildman–Crippen MR) is 105 cm³/mol. The first-order valence-electron chi connectivity index (χ1n) is 9.00. The number of hydrogen-bond donors (Lipinski definition) is 0. The smallest absolute Gasteiger partial charge is 0.0375 e. The average molecular weight is 318 g/mol. The lowest BCUT2D eigenvalue weighted by atomic mass is 9.75. The van der Waals surface area contributed by atoms with E-state index in [1.807, 2.05) is 0 Å². The zero-order chi connectivity index (χ0) is 18.1. The van der Waals surface area contributed by atoms with Gasteiger partial charge in [-0.3, -0.25) is 0 Å². The van der Waals surface area contributed by atoms with Gasteiger partial charge in [0.1, 0.15) is 0 Å². The largest absolute Gasteiger partial charge is 0.361 e. The molecule has 0 amide bonds. The molecule has 0 radical (unpaired) electrons. The Morgan fingerprint density at radius 3 is 1.26 bits per heavy atom. The van der Waals surface area contributed by atoms with Crippen LogP contribution in [-0.4, -0.2) is 11.1 Å². The highest BCUT2D eigenvalue weighted by molar-refractivity contribution is 5.51. The zero-order valence-electron chi connectivity index (χ0n) is 17.2. The Bertz CT molecular complexity index is 455. The molecule has 1 rings (SSSR count). The van der Waals surface area contributed by atoms with E-state index < -0.39 is 0 Å². The summed E-state index contributed by atoms with van der Waals surface area (Å²) in [6, 6.07) is 10.9. The molecule has 132 valence electrons. The molecule has 0 N–H and O–H groups in total. The minimum atomic E-state index is 0.0916. The van der Waals surface area contributed by atoms with Crippen molar-refractivity contribution in [3.05, 3.63) is 30.3 Å². The number of hydrogen-bond acceptors (Lipinski definition) is 1. The van der Waals surface area contributed by atoms with Crippen LogP contribution in [0.1, 0.15) is 82.1 Å². The number of rotatable bonds is 5. The van der Waals surface area contributed by atoms with Crippen molar-refractivity contribution in [2.24, 2.45) is 10.8 Å². The number of anilines is 1. The molecule has 1 aromatic carbocycles. The number of benzene rings is 1. The second-order valence-corrected chi connectivity index (χ2v) is 10.8. The van der Waals surface area contributed by atoms with Gasteiger partial charge in [-0.05, 0) is 63.5 Å². The highest BCUT2D eigenvalue weighted by Crippen LogP contribution is 2.42. The van der Waals surface area contributed by atoms with Gasteiger partial charge in [-0.2, -0.15) is 0 Å². The van der Waals surface area contributed by atoms with Crippen LogP contribution in [0.15, 0.2) is 30.3 Å². The molecule has 23 heavy (non-hydrogen) atoms. The van der Waals surface area contributed by atoms with Gasteiger partial charge >= 0.3 is 0 Å². The van der Waals surface area contributed by atoms with Crippen LogP contribution in [0.2, 0.25) is 0 Å². The summed E-state index contributed by atoms with van der Waals surface area (Å²) in [4.78, 5) is 2.66. The Morgan fingerprint density at radius 1 is 0.609 bits per heavy atom.